The van der Waals surface area contributed by atoms with Crippen molar-refractivity contribution in [3.63, 3.8) is 0 Å². The van der Waals surface area contributed by atoms with Gasteiger partial charge >= 0.3 is 0 Å². The normalized spacial score (nSPS) is 11.0. The molecular formula is C21H26N2O2. The lowest BCUT2D eigenvalue weighted by molar-refractivity contribution is -0.123. The van der Waals surface area contributed by atoms with Crippen LogP contribution >= 0.6 is 0 Å². The van der Waals surface area contributed by atoms with Gasteiger partial charge in [-0.25, -0.2) is 0 Å². The maximum Gasteiger partial charge on any atom is 0.240 e. The van der Waals surface area contributed by atoms with Crippen LogP contribution in [0.2, 0.25) is 0 Å². The smallest absolute Gasteiger partial charge is 0.240 e. The van der Waals surface area contributed by atoms with Crippen LogP contribution in [0.25, 0.3) is 0 Å². The number of carbonyl (C=O) groups excluding carboxylic acids is 2. The molecule has 0 fully saturated rings. The van der Waals surface area contributed by atoms with Gasteiger partial charge < -0.3 is 10.2 Å². The van der Waals surface area contributed by atoms with Crippen molar-refractivity contribution < 1.29 is 9.59 Å². The standard InChI is InChI=1S/C21H26N2O2/c1-16(24)23(19-13-9-8-12-18(19)21(2,3)4)15-20(25)22-14-17-10-6-5-7-11-17/h5-13H,14-15H2,1-4H3,(H,22,25). The van der Waals surface area contributed by atoms with Gasteiger partial charge in [0.1, 0.15) is 6.54 Å². The summed E-state index contributed by atoms with van der Waals surface area (Å²) >= 11 is 0. The molecule has 0 saturated heterocycles. The molecular weight excluding hydrogens is 312 g/mol. The summed E-state index contributed by atoms with van der Waals surface area (Å²) in [5, 5.41) is 2.88. The van der Waals surface area contributed by atoms with Gasteiger partial charge in [0.15, 0.2) is 0 Å². The van der Waals surface area contributed by atoms with E-state index in [4.69, 9.17) is 0 Å². The van der Waals surface area contributed by atoms with E-state index in [1.807, 2.05) is 54.6 Å². The van der Waals surface area contributed by atoms with Crippen LogP contribution in [-0.4, -0.2) is 18.4 Å². The Morgan fingerprint density at radius 2 is 1.56 bits per heavy atom. The minimum atomic E-state index is -0.178. The van der Waals surface area contributed by atoms with Gasteiger partial charge in [0, 0.05) is 19.2 Å². The zero-order valence-electron chi connectivity index (χ0n) is 15.4. The molecule has 0 aliphatic carbocycles. The van der Waals surface area contributed by atoms with Crippen LogP contribution in [0.15, 0.2) is 54.6 Å². The molecule has 0 aromatic heterocycles. The highest BCUT2D eigenvalue weighted by atomic mass is 16.2. The minimum absolute atomic E-state index is 0.00919. The molecule has 132 valence electrons. The number of para-hydroxylation sites is 1. The van der Waals surface area contributed by atoms with Crippen molar-refractivity contribution in [1.29, 1.82) is 0 Å². The number of carbonyl (C=O) groups is 2. The first-order valence-electron chi connectivity index (χ1n) is 8.47. The van der Waals surface area contributed by atoms with Gasteiger partial charge in [0.25, 0.3) is 0 Å². The van der Waals surface area contributed by atoms with Gasteiger partial charge in [-0.3, -0.25) is 9.59 Å². The Hall–Kier alpha value is -2.62. The molecule has 0 atom stereocenters. The molecule has 1 N–H and O–H groups in total. The maximum absolute atomic E-state index is 12.4. The molecule has 0 spiro atoms. The molecule has 0 aliphatic rings. The van der Waals surface area contributed by atoms with Crippen molar-refractivity contribution in [1.82, 2.24) is 5.32 Å². The highest BCUT2D eigenvalue weighted by Crippen LogP contribution is 2.31. The average Bonchev–Trinajstić information content (AvgIpc) is 2.58. The molecule has 2 rings (SSSR count). The molecule has 0 bridgehead atoms. The summed E-state index contributed by atoms with van der Waals surface area (Å²) in [5.41, 5.74) is 2.74. The van der Waals surface area contributed by atoms with Crippen LogP contribution < -0.4 is 10.2 Å². The van der Waals surface area contributed by atoms with E-state index >= 15 is 0 Å². The number of anilines is 1. The third-order valence-corrected chi connectivity index (χ3v) is 4.02. The monoisotopic (exact) mass is 338 g/mol. The molecule has 0 heterocycles. The highest BCUT2D eigenvalue weighted by molar-refractivity contribution is 5.98. The Morgan fingerprint density at radius 1 is 0.960 bits per heavy atom. The van der Waals surface area contributed by atoms with Crippen molar-refractivity contribution in [2.24, 2.45) is 0 Å². The van der Waals surface area contributed by atoms with E-state index in [0.29, 0.717) is 6.54 Å². The van der Waals surface area contributed by atoms with Crippen LogP contribution in [0.1, 0.15) is 38.8 Å². The molecule has 0 saturated carbocycles. The molecule has 0 aliphatic heterocycles. The first-order valence-corrected chi connectivity index (χ1v) is 8.47. The Labute approximate surface area is 149 Å². The molecule has 0 radical (unpaired) electrons. The lowest BCUT2D eigenvalue weighted by Gasteiger charge is -2.29. The molecule has 2 aromatic rings. The van der Waals surface area contributed by atoms with E-state index in [1.165, 1.54) is 6.92 Å². The second-order valence-electron chi connectivity index (χ2n) is 7.13. The van der Waals surface area contributed by atoms with Crippen molar-refractivity contribution in [2.75, 3.05) is 11.4 Å². The summed E-state index contributed by atoms with van der Waals surface area (Å²) in [5.74, 6) is -0.325. The van der Waals surface area contributed by atoms with Gasteiger partial charge in [0.2, 0.25) is 11.8 Å². The summed E-state index contributed by atoms with van der Waals surface area (Å²) in [6.07, 6.45) is 0. The van der Waals surface area contributed by atoms with Crippen LogP contribution in [0.4, 0.5) is 5.69 Å². The predicted molar refractivity (Wildman–Crippen MR) is 101 cm³/mol. The fourth-order valence-electron chi connectivity index (χ4n) is 2.71. The Morgan fingerprint density at radius 3 is 2.16 bits per heavy atom. The molecule has 4 nitrogen and oxygen atoms in total. The lowest BCUT2D eigenvalue weighted by Crippen LogP contribution is -2.40. The number of nitrogens with zero attached hydrogens (tertiary/aromatic N) is 1. The van der Waals surface area contributed by atoms with Gasteiger partial charge in [-0.2, -0.15) is 0 Å². The molecule has 2 aromatic carbocycles. The van der Waals surface area contributed by atoms with Gasteiger partial charge in [-0.15, -0.1) is 0 Å². The quantitative estimate of drug-likeness (QED) is 0.904. The van der Waals surface area contributed by atoms with Crippen molar-refractivity contribution in [2.45, 2.75) is 39.7 Å². The Bertz CT molecular complexity index is 733. The predicted octanol–water partition coefficient (Wildman–Crippen LogP) is 3.65. The first-order chi connectivity index (χ1) is 11.8. The van der Waals surface area contributed by atoms with Crippen LogP contribution in [-0.2, 0) is 21.5 Å². The molecule has 4 heteroatoms. The third-order valence-electron chi connectivity index (χ3n) is 4.02. The summed E-state index contributed by atoms with van der Waals surface area (Å²) in [4.78, 5) is 26.1. The summed E-state index contributed by atoms with van der Waals surface area (Å²) in [6, 6.07) is 17.5. The lowest BCUT2D eigenvalue weighted by atomic mass is 9.85. The number of amides is 2. The summed E-state index contributed by atoms with van der Waals surface area (Å²) in [7, 11) is 0. The van der Waals surface area contributed by atoms with E-state index in [2.05, 4.69) is 26.1 Å². The van der Waals surface area contributed by atoms with Crippen molar-refractivity contribution in [3.8, 4) is 0 Å². The SMILES string of the molecule is CC(=O)N(CC(=O)NCc1ccccc1)c1ccccc1C(C)(C)C. The Balaban J connectivity index is 2.14. The van der Waals surface area contributed by atoms with Gasteiger partial charge in [-0.05, 0) is 22.6 Å². The van der Waals surface area contributed by atoms with E-state index in [9.17, 15) is 9.59 Å². The van der Waals surface area contributed by atoms with Crippen molar-refractivity contribution in [3.05, 3.63) is 65.7 Å². The van der Waals surface area contributed by atoms with Crippen LogP contribution in [0.3, 0.4) is 0 Å². The topological polar surface area (TPSA) is 49.4 Å². The third kappa shape index (κ3) is 5.18. The first kappa shape index (κ1) is 18.7. The largest absolute Gasteiger partial charge is 0.350 e. The van der Waals surface area contributed by atoms with Gasteiger partial charge in [-0.1, -0.05) is 69.3 Å². The summed E-state index contributed by atoms with van der Waals surface area (Å²) in [6.45, 7) is 8.24. The highest BCUT2D eigenvalue weighted by Gasteiger charge is 2.24. The minimum Gasteiger partial charge on any atom is -0.350 e. The Kier molecular flexibility index (Phi) is 5.97. The number of hydrogen-bond donors (Lipinski definition) is 1. The molecule has 2 amide bonds. The molecule has 0 unspecified atom stereocenters. The van der Waals surface area contributed by atoms with Crippen molar-refractivity contribution >= 4 is 17.5 Å². The van der Waals surface area contributed by atoms with Gasteiger partial charge in [0.05, 0.1) is 0 Å². The fraction of sp³-hybridized carbons (Fsp3) is 0.333. The zero-order valence-corrected chi connectivity index (χ0v) is 15.4. The maximum atomic E-state index is 12.4. The summed E-state index contributed by atoms with van der Waals surface area (Å²) < 4.78 is 0. The van der Waals surface area contributed by atoms with E-state index in [1.54, 1.807) is 4.90 Å². The number of hydrogen-bond acceptors (Lipinski definition) is 2. The van der Waals surface area contributed by atoms with Crippen LogP contribution in [0.5, 0.6) is 0 Å². The average molecular weight is 338 g/mol. The molecule has 25 heavy (non-hydrogen) atoms. The van der Waals surface area contributed by atoms with Crippen LogP contribution in [0, 0.1) is 0 Å². The zero-order chi connectivity index (χ0) is 18.4. The van der Waals surface area contributed by atoms with E-state index < -0.39 is 0 Å². The second kappa shape index (κ2) is 7.97. The second-order valence-corrected chi connectivity index (χ2v) is 7.13. The number of rotatable bonds is 5. The fourth-order valence-corrected chi connectivity index (χ4v) is 2.71. The number of benzene rings is 2. The van der Waals surface area contributed by atoms with E-state index in [-0.39, 0.29) is 23.8 Å². The number of nitrogens with one attached hydrogen (secondary N) is 1. The van der Waals surface area contributed by atoms with E-state index in [0.717, 1.165) is 16.8 Å².